The number of hydrogen-bond acceptors (Lipinski definition) is 4. The average molecular weight is 263 g/mol. The first-order chi connectivity index (χ1) is 9.22. The minimum Gasteiger partial charge on any atom is -0.497 e. The molecule has 0 radical (unpaired) electrons. The number of hydrogen-bond donors (Lipinski definition) is 2. The van der Waals surface area contributed by atoms with E-state index >= 15 is 0 Å². The molecule has 1 aromatic carbocycles. The molecule has 0 fully saturated rings. The Bertz CT molecular complexity index is 521. The molecule has 4 heteroatoms. The Balaban J connectivity index is 1.94. The largest absolute Gasteiger partial charge is 0.497 e. The molecule has 2 aromatic rings. The van der Waals surface area contributed by atoms with Crippen LogP contribution >= 0.6 is 0 Å². The summed E-state index contributed by atoms with van der Waals surface area (Å²) in [5, 5.41) is 13.2. The van der Waals surface area contributed by atoms with Gasteiger partial charge in [-0.25, -0.2) is 0 Å². The normalized spacial score (nSPS) is 12.8. The maximum absolute atomic E-state index is 8.84. The van der Waals surface area contributed by atoms with Crippen molar-refractivity contribution in [1.82, 2.24) is 5.32 Å². The summed E-state index contributed by atoms with van der Waals surface area (Å²) in [6, 6.07) is 7.82. The molecule has 1 heterocycles. The average Bonchev–Trinajstić information content (AvgIpc) is 2.80. The van der Waals surface area contributed by atoms with Crippen molar-refractivity contribution in [2.24, 2.45) is 5.92 Å². The number of aliphatic hydroxyl groups is 1. The van der Waals surface area contributed by atoms with Gasteiger partial charge in [-0.3, -0.25) is 0 Å². The molecule has 0 aliphatic carbocycles. The highest BCUT2D eigenvalue weighted by Gasteiger charge is 2.06. The summed E-state index contributed by atoms with van der Waals surface area (Å²) in [5.74, 6) is 2.22. The lowest BCUT2D eigenvalue weighted by Gasteiger charge is -2.09. The van der Waals surface area contributed by atoms with Crippen LogP contribution < -0.4 is 10.1 Å². The molecule has 0 aliphatic heterocycles. The van der Waals surface area contributed by atoms with Gasteiger partial charge in [-0.1, -0.05) is 6.92 Å². The summed E-state index contributed by atoms with van der Waals surface area (Å²) < 4.78 is 10.9. The van der Waals surface area contributed by atoms with Gasteiger partial charge in [0, 0.05) is 12.0 Å². The third-order valence-electron chi connectivity index (χ3n) is 3.19. The molecular weight excluding hydrogens is 242 g/mol. The zero-order valence-corrected chi connectivity index (χ0v) is 11.5. The van der Waals surface area contributed by atoms with Crippen LogP contribution in [-0.2, 0) is 6.54 Å². The summed E-state index contributed by atoms with van der Waals surface area (Å²) in [6.07, 6.45) is 0.824. The Morgan fingerprint density at radius 2 is 2.21 bits per heavy atom. The molecule has 1 atom stereocenters. The fraction of sp³-hybridized carbons (Fsp3) is 0.467. The smallest absolute Gasteiger partial charge is 0.134 e. The van der Waals surface area contributed by atoms with Gasteiger partial charge >= 0.3 is 0 Å². The number of methoxy groups -OCH3 is 1. The number of rotatable bonds is 7. The lowest BCUT2D eigenvalue weighted by molar-refractivity contribution is 0.259. The predicted octanol–water partition coefficient (Wildman–Crippen LogP) is 2.55. The van der Waals surface area contributed by atoms with Gasteiger partial charge in [0.1, 0.15) is 17.1 Å². The van der Waals surface area contributed by atoms with Crippen molar-refractivity contribution in [3.05, 3.63) is 30.0 Å². The van der Waals surface area contributed by atoms with E-state index in [2.05, 4.69) is 12.2 Å². The van der Waals surface area contributed by atoms with E-state index < -0.39 is 0 Å². The monoisotopic (exact) mass is 263 g/mol. The van der Waals surface area contributed by atoms with Gasteiger partial charge in [-0.15, -0.1) is 0 Å². The summed E-state index contributed by atoms with van der Waals surface area (Å²) in [6.45, 7) is 3.94. The highest BCUT2D eigenvalue weighted by molar-refractivity contribution is 5.79. The van der Waals surface area contributed by atoms with Crippen LogP contribution in [-0.4, -0.2) is 25.4 Å². The van der Waals surface area contributed by atoms with Crippen LogP contribution in [0.3, 0.4) is 0 Å². The Kier molecular flexibility index (Phi) is 4.82. The van der Waals surface area contributed by atoms with E-state index in [4.69, 9.17) is 14.3 Å². The highest BCUT2D eigenvalue weighted by atomic mass is 16.5. The van der Waals surface area contributed by atoms with Crippen LogP contribution in [0.5, 0.6) is 5.75 Å². The van der Waals surface area contributed by atoms with Crippen molar-refractivity contribution >= 4 is 11.0 Å². The molecule has 0 aliphatic rings. The Morgan fingerprint density at radius 1 is 1.37 bits per heavy atom. The quantitative estimate of drug-likeness (QED) is 0.806. The molecule has 2 rings (SSSR count). The van der Waals surface area contributed by atoms with E-state index in [1.165, 1.54) is 0 Å². The van der Waals surface area contributed by atoms with Crippen LogP contribution in [0.1, 0.15) is 19.1 Å². The SMILES string of the molecule is COc1ccc2oc(CNCC(C)CCO)cc2c1. The molecule has 0 bridgehead atoms. The fourth-order valence-electron chi connectivity index (χ4n) is 2.05. The molecule has 1 aromatic heterocycles. The Hall–Kier alpha value is -1.52. The number of aliphatic hydroxyl groups excluding tert-OH is 1. The standard InChI is InChI=1S/C15H21NO3/c1-11(5-6-17)9-16-10-14-8-12-7-13(18-2)3-4-15(12)19-14/h3-4,7-8,11,16-17H,5-6,9-10H2,1-2H3. The van der Waals surface area contributed by atoms with Gasteiger partial charge in [0.2, 0.25) is 0 Å². The second kappa shape index (κ2) is 6.59. The van der Waals surface area contributed by atoms with Crippen molar-refractivity contribution in [2.45, 2.75) is 19.9 Å². The van der Waals surface area contributed by atoms with Crippen molar-refractivity contribution in [1.29, 1.82) is 0 Å². The van der Waals surface area contributed by atoms with E-state index in [-0.39, 0.29) is 6.61 Å². The number of ether oxygens (including phenoxy) is 1. The number of benzene rings is 1. The number of nitrogens with one attached hydrogen (secondary N) is 1. The van der Waals surface area contributed by atoms with Gasteiger partial charge < -0.3 is 19.6 Å². The Labute approximate surface area is 113 Å². The second-order valence-electron chi connectivity index (χ2n) is 4.86. The number of furan rings is 1. The number of fused-ring (bicyclic) bond motifs is 1. The van der Waals surface area contributed by atoms with Crippen LogP contribution in [0.15, 0.2) is 28.7 Å². The molecule has 0 saturated carbocycles. The first-order valence-electron chi connectivity index (χ1n) is 6.61. The third-order valence-corrected chi connectivity index (χ3v) is 3.19. The summed E-state index contributed by atoms with van der Waals surface area (Å²) in [5.41, 5.74) is 0.876. The van der Waals surface area contributed by atoms with E-state index in [0.29, 0.717) is 12.5 Å². The van der Waals surface area contributed by atoms with E-state index in [9.17, 15) is 0 Å². The summed E-state index contributed by atoms with van der Waals surface area (Å²) >= 11 is 0. The van der Waals surface area contributed by atoms with E-state index in [0.717, 1.165) is 35.4 Å². The molecule has 2 N–H and O–H groups in total. The van der Waals surface area contributed by atoms with Gasteiger partial charge in [-0.2, -0.15) is 0 Å². The second-order valence-corrected chi connectivity index (χ2v) is 4.86. The maximum atomic E-state index is 8.84. The topological polar surface area (TPSA) is 54.6 Å². The third kappa shape index (κ3) is 3.72. The Morgan fingerprint density at radius 3 is 2.95 bits per heavy atom. The summed E-state index contributed by atoms with van der Waals surface area (Å²) in [4.78, 5) is 0. The van der Waals surface area contributed by atoms with Crippen molar-refractivity contribution in [3.8, 4) is 5.75 Å². The molecule has 4 nitrogen and oxygen atoms in total. The van der Waals surface area contributed by atoms with Crippen molar-refractivity contribution in [2.75, 3.05) is 20.3 Å². The van der Waals surface area contributed by atoms with Crippen molar-refractivity contribution in [3.63, 3.8) is 0 Å². The first-order valence-corrected chi connectivity index (χ1v) is 6.61. The molecule has 0 spiro atoms. The van der Waals surface area contributed by atoms with Crippen LogP contribution in [0.25, 0.3) is 11.0 Å². The van der Waals surface area contributed by atoms with Crippen LogP contribution in [0.2, 0.25) is 0 Å². The molecule has 1 unspecified atom stereocenters. The lowest BCUT2D eigenvalue weighted by Crippen LogP contribution is -2.21. The molecule has 104 valence electrons. The molecular formula is C15H21NO3. The van der Waals surface area contributed by atoms with Crippen LogP contribution in [0, 0.1) is 5.92 Å². The molecule has 19 heavy (non-hydrogen) atoms. The lowest BCUT2D eigenvalue weighted by atomic mass is 10.1. The zero-order valence-electron chi connectivity index (χ0n) is 11.5. The fourth-order valence-corrected chi connectivity index (χ4v) is 2.05. The van der Waals surface area contributed by atoms with Gasteiger partial charge in [-0.05, 0) is 43.1 Å². The molecule has 0 saturated heterocycles. The van der Waals surface area contributed by atoms with E-state index in [1.54, 1.807) is 7.11 Å². The van der Waals surface area contributed by atoms with Gasteiger partial charge in [0.25, 0.3) is 0 Å². The van der Waals surface area contributed by atoms with E-state index in [1.807, 2.05) is 24.3 Å². The minimum absolute atomic E-state index is 0.243. The van der Waals surface area contributed by atoms with Crippen molar-refractivity contribution < 1.29 is 14.3 Å². The predicted molar refractivity (Wildman–Crippen MR) is 75.3 cm³/mol. The maximum Gasteiger partial charge on any atom is 0.134 e. The van der Waals surface area contributed by atoms with Gasteiger partial charge in [0.05, 0.1) is 13.7 Å². The zero-order chi connectivity index (χ0) is 13.7. The van der Waals surface area contributed by atoms with Gasteiger partial charge in [0.15, 0.2) is 0 Å². The summed E-state index contributed by atoms with van der Waals surface area (Å²) in [7, 11) is 1.66. The highest BCUT2D eigenvalue weighted by Crippen LogP contribution is 2.24. The minimum atomic E-state index is 0.243. The van der Waals surface area contributed by atoms with Crippen LogP contribution in [0.4, 0.5) is 0 Å². The molecule has 0 amide bonds. The first kappa shape index (κ1) is 13.9.